The fourth-order valence-corrected chi connectivity index (χ4v) is 3.66. The van der Waals surface area contributed by atoms with Crippen LogP contribution in [-0.2, 0) is 6.42 Å². The summed E-state index contributed by atoms with van der Waals surface area (Å²) in [6.07, 6.45) is 0.765. The van der Waals surface area contributed by atoms with E-state index in [1.54, 1.807) is 11.3 Å². The third-order valence-corrected chi connectivity index (χ3v) is 5.10. The van der Waals surface area contributed by atoms with Gasteiger partial charge in [-0.3, -0.25) is 5.41 Å². The number of hydrogen-bond donors (Lipinski definition) is 3. The second-order valence-corrected chi connectivity index (χ2v) is 6.77. The number of aliphatic hydroxyl groups is 1. The standard InChI is InChI=1S/C17H17N5OS/c1-10-9-24-14(19-10)6-7-22-8-13(23)15(16(22)18)17-20-11-4-2-3-5-12(11)21-17/h2-5,9,18,23H,6-8H2,1H3,(H,20,21). The van der Waals surface area contributed by atoms with Crippen LogP contribution in [0.3, 0.4) is 0 Å². The van der Waals surface area contributed by atoms with Crippen LogP contribution in [0.4, 0.5) is 0 Å². The number of aryl methyl sites for hydroxylation is 1. The number of aromatic amines is 1. The molecule has 0 amide bonds. The molecule has 6 nitrogen and oxygen atoms in total. The molecule has 3 N–H and O–H groups in total. The molecule has 4 rings (SSSR count). The number of benzene rings is 1. The molecule has 1 aliphatic rings. The summed E-state index contributed by atoms with van der Waals surface area (Å²) in [5, 5.41) is 21.8. The van der Waals surface area contributed by atoms with Crippen molar-refractivity contribution in [2.24, 2.45) is 0 Å². The zero-order chi connectivity index (χ0) is 16.7. The average molecular weight is 339 g/mol. The van der Waals surface area contributed by atoms with Crippen molar-refractivity contribution in [1.82, 2.24) is 19.9 Å². The number of H-pyrrole nitrogens is 1. The van der Waals surface area contributed by atoms with Crippen molar-refractivity contribution < 1.29 is 5.11 Å². The number of hydrogen-bond acceptors (Lipinski definition) is 5. The summed E-state index contributed by atoms with van der Waals surface area (Å²) in [6, 6.07) is 7.70. The first-order valence-corrected chi connectivity index (χ1v) is 8.62. The largest absolute Gasteiger partial charge is 0.510 e. The molecule has 3 heterocycles. The molecule has 0 bridgehead atoms. The van der Waals surface area contributed by atoms with Gasteiger partial charge in [0, 0.05) is 24.0 Å². The topological polar surface area (TPSA) is 88.9 Å². The maximum atomic E-state index is 10.3. The van der Waals surface area contributed by atoms with Gasteiger partial charge in [-0.1, -0.05) is 12.1 Å². The highest BCUT2D eigenvalue weighted by Crippen LogP contribution is 2.27. The van der Waals surface area contributed by atoms with Gasteiger partial charge in [0.15, 0.2) is 0 Å². The highest BCUT2D eigenvalue weighted by molar-refractivity contribution is 7.09. The lowest BCUT2D eigenvalue weighted by Gasteiger charge is -2.17. The van der Waals surface area contributed by atoms with Crippen LogP contribution in [0.5, 0.6) is 0 Å². The Morgan fingerprint density at radius 3 is 2.92 bits per heavy atom. The van der Waals surface area contributed by atoms with Gasteiger partial charge >= 0.3 is 0 Å². The van der Waals surface area contributed by atoms with E-state index in [1.165, 1.54) is 0 Å². The second-order valence-electron chi connectivity index (χ2n) is 5.83. The highest BCUT2D eigenvalue weighted by atomic mass is 32.1. The molecular formula is C17H17N5OS. The summed E-state index contributed by atoms with van der Waals surface area (Å²) in [5.41, 5.74) is 3.24. The van der Waals surface area contributed by atoms with E-state index in [9.17, 15) is 5.11 Å². The Balaban J connectivity index is 1.54. The lowest BCUT2D eigenvalue weighted by Crippen LogP contribution is -2.29. The second kappa shape index (κ2) is 5.76. The molecule has 3 aromatic rings. The molecule has 0 fully saturated rings. The summed E-state index contributed by atoms with van der Waals surface area (Å²) in [5.74, 6) is 1.04. The molecule has 1 aromatic carbocycles. The third-order valence-electron chi connectivity index (χ3n) is 4.07. The predicted octanol–water partition coefficient (Wildman–Crippen LogP) is 3.13. The molecule has 0 saturated carbocycles. The molecule has 7 heteroatoms. The maximum Gasteiger partial charge on any atom is 0.145 e. The number of aliphatic hydroxyl groups excluding tert-OH is 1. The third kappa shape index (κ3) is 2.56. The smallest absolute Gasteiger partial charge is 0.145 e. The minimum atomic E-state index is 0.189. The Kier molecular flexibility index (Phi) is 3.57. The summed E-state index contributed by atoms with van der Waals surface area (Å²) >= 11 is 1.63. The molecule has 122 valence electrons. The summed E-state index contributed by atoms with van der Waals surface area (Å²) < 4.78 is 0. The Bertz CT molecular complexity index is 922. The summed E-state index contributed by atoms with van der Waals surface area (Å²) in [4.78, 5) is 14.0. The van der Waals surface area contributed by atoms with Crippen LogP contribution in [0.2, 0.25) is 0 Å². The van der Waals surface area contributed by atoms with Crippen molar-refractivity contribution in [3.63, 3.8) is 0 Å². The van der Waals surface area contributed by atoms with E-state index in [0.29, 0.717) is 30.3 Å². The SMILES string of the molecule is Cc1csc(CCN2CC(O)=C(c3nc4ccccc4[nH]3)C2=N)n1. The van der Waals surface area contributed by atoms with Gasteiger partial charge < -0.3 is 15.0 Å². The van der Waals surface area contributed by atoms with Crippen LogP contribution in [0.1, 0.15) is 16.5 Å². The predicted molar refractivity (Wildman–Crippen MR) is 95.5 cm³/mol. The first-order chi connectivity index (χ1) is 11.6. The van der Waals surface area contributed by atoms with E-state index in [4.69, 9.17) is 5.41 Å². The van der Waals surface area contributed by atoms with Gasteiger partial charge in [-0.25, -0.2) is 9.97 Å². The number of imidazole rings is 1. The van der Waals surface area contributed by atoms with E-state index in [2.05, 4.69) is 15.0 Å². The quantitative estimate of drug-likeness (QED) is 0.681. The molecule has 0 unspecified atom stereocenters. The summed E-state index contributed by atoms with van der Waals surface area (Å²) in [6.45, 7) is 2.97. The van der Waals surface area contributed by atoms with Crippen LogP contribution < -0.4 is 0 Å². The minimum absolute atomic E-state index is 0.189. The number of aromatic nitrogens is 3. The van der Waals surface area contributed by atoms with Crippen LogP contribution in [0, 0.1) is 12.3 Å². The van der Waals surface area contributed by atoms with Crippen molar-refractivity contribution in [2.75, 3.05) is 13.1 Å². The number of amidine groups is 1. The number of rotatable bonds is 4. The van der Waals surface area contributed by atoms with E-state index >= 15 is 0 Å². The highest BCUT2D eigenvalue weighted by Gasteiger charge is 2.30. The lowest BCUT2D eigenvalue weighted by molar-refractivity contribution is 0.351. The Hall–Kier alpha value is -2.67. The maximum absolute atomic E-state index is 10.3. The van der Waals surface area contributed by atoms with Crippen LogP contribution in [-0.4, -0.2) is 43.9 Å². The average Bonchev–Trinajstić information content (AvgIpc) is 3.23. The van der Waals surface area contributed by atoms with E-state index < -0.39 is 0 Å². The fraction of sp³-hybridized carbons (Fsp3) is 0.235. The number of fused-ring (bicyclic) bond motifs is 1. The van der Waals surface area contributed by atoms with Crippen molar-refractivity contribution in [1.29, 1.82) is 5.41 Å². The number of thiazole rings is 1. The van der Waals surface area contributed by atoms with E-state index in [1.807, 2.05) is 41.5 Å². The zero-order valence-corrected chi connectivity index (χ0v) is 14.0. The molecule has 0 radical (unpaired) electrons. The Morgan fingerprint density at radius 1 is 1.33 bits per heavy atom. The van der Waals surface area contributed by atoms with Crippen molar-refractivity contribution in [3.05, 3.63) is 51.9 Å². The molecule has 24 heavy (non-hydrogen) atoms. The molecule has 1 aliphatic heterocycles. The van der Waals surface area contributed by atoms with Gasteiger partial charge in [0.25, 0.3) is 0 Å². The van der Waals surface area contributed by atoms with E-state index in [-0.39, 0.29) is 5.76 Å². The molecule has 0 atom stereocenters. The molecule has 0 spiro atoms. The lowest BCUT2D eigenvalue weighted by atomic mass is 10.2. The number of nitrogens with zero attached hydrogens (tertiary/aromatic N) is 3. The van der Waals surface area contributed by atoms with Gasteiger partial charge in [0.1, 0.15) is 17.4 Å². The van der Waals surface area contributed by atoms with Crippen LogP contribution in [0.15, 0.2) is 35.4 Å². The van der Waals surface area contributed by atoms with Crippen molar-refractivity contribution >= 4 is 33.8 Å². The van der Waals surface area contributed by atoms with Crippen molar-refractivity contribution in [2.45, 2.75) is 13.3 Å². The van der Waals surface area contributed by atoms with Crippen molar-refractivity contribution in [3.8, 4) is 0 Å². The summed E-state index contributed by atoms with van der Waals surface area (Å²) in [7, 11) is 0. The van der Waals surface area contributed by atoms with Crippen LogP contribution in [0.25, 0.3) is 16.6 Å². The van der Waals surface area contributed by atoms with Crippen LogP contribution >= 0.6 is 11.3 Å². The Morgan fingerprint density at radius 2 is 2.17 bits per heavy atom. The van der Waals surface area contributed by atoms with E-state index in [0.717, 1.165) is 28.2 Å². The molecule has 2 aromatic heterocycles. The number of nitrogens with one attached hydrogen (secondary N) is 2. The molecule has 0 aliphatic carbocycles. The first kappa shape index (κ1) is 14.9. The van der Waals surface area contributed by atoms with Gasteiger partial charge in [-0.15, -0.1) is 11.3 Å². The monoisotopic (exact) mass is 339 g/mol. The Labute approximate surface area is 143 Å². The minimum Gasteiger partial charge on any atom is -0.510 e. The van der Waals surface area contributed by atoms with Gasteiger partial charge in [0.05, 0.1) is 28.2 Å². The molecular weight excluding hydrogens is 322 g/mol. The van der Waals surface area contributed by atoms with Gasteiger partial charge in [-0.2, -0.15) is 0 Å². The van der Waals surface area contributed by atoms with Gasteiger partial charge in [0.2, 0.25) is 0 Å². The fourth-order valence-electron chi connectivity index (χ4n) is 2.89. The van der Waals surface area contributed by atoms with Gasteiger partial charge in [-0.05, 0) is 19.1 Å². The number of para-hydroxylation sites is 2. The first-order valence-electron chi connectivity index (χ1n) is 7.74. The normalized spacial score (nSPS) is 15.0. The zero-order valence-electron chi connectivity index (χ0n) is 13.2. The molecule has 0 saturated heterocycles.